The van der Waals surface area contributed by atoms with E-state index in [1.165, 1.54) is 4.90 Å². The molecular formula is C9H12ClN3O3. The van der Waals surface area contributed by atoms with Crippen molar-refractivity contribution in [2.45, 2.75) is 13.0 Å². The van der Waals surface area contributed by atoms with E-state index >= 15 is 0 Å². The summed E-state index contributed by atoms with van der Waals surface area (Å²) in [6.45, 7) is 1.02. The van der Waals surface area contributed by atoms with Crippen LogP contribution in [0.2, 0.25) is 0 Å². The Balaban J connectivity index is 2.04. The van der Waals surface area contributed by atoms with E-state index in [2.05, 4.69) is 10.2 Å². The molecular weight excluding hydrogens is 234 g/mol. The standard InChI is InChI=1S/C9H12ClN3O3/c10-2-4-16-9(15)13-3-1-7-6(5-13)8(14)12-11-7/h1-5H2,(H2,11,12,14). The summed E-state index contributed by atoms with van der Waals surface area (Å²) in [7, 11) is 0. The van der Waals surface area contributed by atoms with Gasteiger partial charge in [0.25, 0.3) is 5.56 Å². The van der Waals surface area contributed by atoms with Gasteiger partial charge in [-0.2, -0.15) is 0 Å². The summed E-state index contributed by atoms with van der Waals surface area (Å²) in [5.41, 5.74) is 1.30. The molecule has 0 aromatic carbocycles. The summed E-state index contributed by atoms with van der Waals surface area (Å²) in [5.74, 6) is 0.273. The Hall–Kier alpha value is -1.43. The zero-order valence-electron chi connectivity index (χ0n) is 8.59. The Morgan fingerprint density at radius 2 is 2.31 bits per heavy atom. The Kier molecular flexibility index (Phi) is 3.19. The number of hydrogen-bond acceptors (Lipinski definition) is 3. The van der Waals surface area contributed by atoms with E-state index in [-0.39, 0.29) is 24.6 Å². The average Bonchev–Trinajstić information content (AvgIpc) is 2.67. The van der Waals surface area contributed by atoms with Gasteiger partial charge in [0.05, 0.1) is 18.0 Å². The minimum atomic E-state index is -0.424. The molecule has 0 radical (unpaired) electrons. The van der Waals surface area contributed by atoms with Gasteiger partial charge in [-0.1, -0.05) is 0 Å². The van der Waals surface area contributed by atoms with Crippen LogP contribution >= 0.6 is 11.6 Å². The molecule has 1 amide bonds. The number of halogens is 1. The topological polar surface area (TPSA) is 78.2 Å². The Labute approximate surface area is 96.5 Å². The van der Waals surface area contributed by atoms with E-state index in [0.29, 0.717) is 18.5 Å². The van der Waals surface area contributed by atoms with Gasteiger partial charge < -0.3 is 14.7 Å². The smallest absolute Gasteiger partial charge is 0.410 e. The second-order valence-electron chi connectivity index (χ2n) is 3.51. The zero-order chi connectivity index (χ0) is 11.5. The van der Waals surface area contributed by atoms with Crippen molar-refractivity contribution >= 4 is 17.7 Å². The molecule has 0 spiro atoms. The van der Waals surface area contributed by atoms with Crippen molar-refractivity contribution in [1.82, 2.24) is 15.1 Å². The van der Waals surface area contributed by atoms with E-state index in [4.69, 9.17) is 16.3 Å². The molecule has 0 saturated heterocycles. The average molecular weight is 246 g/mol. The fraction of sp³-hybridized carbons (Fsp3) is 0.556. The number of ether oxygens (including phenoxy) is 1. The van der Waals surface area contributed by atoms with Gasteiger partial charge in [0.15, 0.2) is 0 Å². The molecule has 0 fully saturated rings. The molecule has 1 aromatic rings. The van der Waals surface area contributed by atoms with Gasteiger partial charge in [0, 0.05) is 18.7 Å². The number of rotatable bonds is 2. The Morgan fingerprint density at radius 3 is 3.06 bits per heavy atom. The van der Waals surface area contributed by atoms with Gasteiger partial charge in [-0.25, -0.2) is 4.79 Å². The largest absolute Gasteiger partial charge is 0.448 e. The molecule has 0 unspecified atom stereocenters. The van der Waals surface area contributed by atoms with Crippen LogP contribution in [0.4, 0.5) is 4.79 Å². The molecule has 16 heavy (non-hydrogen) atoms. The molecule has 2 rings (SSSR count). The fourth-order valence-electron chi connectivity index (χ4n) is 1.69. The summed E-state index contributed by atoms with van der Waals surface area (Å²) in [4.78, 5) is 24.4. The van der Waals surface area contributed by atoms with Crippen LogP contribution in [-0.2, 0) is 17.7 Å². The lowest BCUT2D eigenvalue weighted by Gasteiger charge is -2.25. The van der Waals surface area contributed by atoms with E-state index in [1.54, 1.807) is 0 Å². The first-order valence-electron chi connectivity index (χ1n) is 4.98. The van der Waals surface area contributed by atoms with Crippen molar-refractivity contribution < 1.29 is 9.53 Å². The van der Waals surface area contributed by atoms with Gasteiger partial charge >= 0.3 is 6.09 Å². The highest BCUT2D eigenvalue weighted by molar-refractivity contribution is 6.18. The van der Waals surface area contributed by atoms with Crippen LogP contribution in [0.25, 0.3) is 0 Å². The van der Waals surface area contributed by atoms with Gasteiger partial charge in [-0.15, -0.1) is 11.6 Å². The van der Waals surface area contributed by atoms with Crippen molar-refractivity contribution in [1.29, 1.82) is 0 Å². The SMILES string of the molecule is O=C(OCCCl)N1CCc2[nH][nH]c(=O)c2C1. The first-order chi connectivity index (χ1) is 7.72. The first kappa shape index (κ1) is 11.1. The molecule has 1 aromatic heterocycles. The highest BCUT2D eigenvalue weighted by Crippen LogP contribution is 2.13. The number of amides is 1. The van der Waals surface area contributed by atoms with Crippen molar-refractivity contribution in [3.63, 3.8) is 0 Å². The van der Waals surface area contributed by atoms with Gasteiger partial charge in [0.2, 0.25) is 0 Å². The Morgan fingerprint density at radius 1 is 1.50 bits per heavy atom. The number of nitrogens with zero attached hydrogens (tertiary/aromatic N) is 1. The van der Waals surface area contributed by atoms with Crippen molar-refractivity contribution in [2.75, 3.05) is 19.0 Å². The number of carbonyl (C=O) groups is 1. The molecule has 88 valence electrons. The van der Waals surface area contributed by atoms with E-state index in [1.807, 2.05) is 0 Å². The number of alkyl halides is 1. The van der Waals surface area contributed by atoms with Crippen molar-refractivity contribution in [2.24, 2.45) is 0 Å². The van der Waals surface area contributed by atoms with Crippen LogP contribution in [0.15, 0.2) is 4.79 Å². The number of aromatic amines is 2. The molecule has 0 bridgehead atoms. The van der Waals surface area contributed by atoms with Gasteiger partial charge in [0.1, 0.15) is 6.61 Å². The maximum Gasteiger partial charge on any atom is 0.410 e. The number of H-pyrrole nitrogens is 2. The highest BCUT2D eigenvalue weighted by atomic mass is 35.5. The predicted molar refractivity (Wildman–Crippen MR) is 57.6 cm³/mol. The van der Waals surface area contributed by atoms with E-state index < -0.39 is 6.09 Å². The van der Waals surface area contributed by atoms with Crippen LogP contribution in [-0.4, -0.2) is 40.2 Å². The lowest BCUT2D eigenvalue weighted by Crippen LogP contribution is -2.38. The minimum Gasteiger partial charge on any atom is -0.448 e. The summed E-state index contributed by atoms with van der Waals surface area (Å²) < 4.78 is 4.89. The Bertz CT molecular complexity index is 439. The predicted octanol–water partition coefficient (Wildman–Crippen LogP) is 0.436. The van der Waals surface area contributed by atoms with E-state index in [0.717, 1.165) is 5.69 Å². The second-order valence-corrected chi connectivity index (χ2v) is 3.89. The molecule has 0 atom stereocenters. The lowest BCUT2D eigenvalue weighted by molar-refractivity contribution is 0.103. The van der Waals surface area contributed by atoms with Gasteiger partial charge in [-0.3, -0.25) is 9.89 Å². The number of aromatic nitrogens is 2. The number of nitrogens with one attached hydrogen (secondary N) is 2. The van der Waals surface area contributed by atoms with E-state index in [9.17, 15) is 9.59 Å². The van der Waals surface area contributed by atoms with Gasteiger partial charge in [-0.05, 0) is 0 Å². The molecule has 1 aliphatic heterocycles. The van der Waals surface area contributed by atoms with Crippen LogP contribution < -0.4 is 5.56 Å². The fourth-order valence-corrected chi connectivity index (χ4v) is 1.77. The van der Waals surface area contributed by atoms with Crippen LogP contribution in [0.1, 0.15) is 11.3 Å². The van der Waals surface area contributed by atoms with Crippen molar-refractivity contribution in [3.05, 3.63) is 21.6 Å². The lowest BCUT2D eigenvalue weighted by atomic mass is 10.1. The third kappa shape index (κ3) is 2.06. The zero-order valence-corrected chi connectivity index (χ0v) is 9.34. The summed E-state index contributed by atoms with van der Waals surface area (Å²) in [6.07, 6.45) is 0.205. The molecule has 2 heterocycles. The summed E-state index contributed by atoms with van der Waals surface area (Å²) >= 11 is 5.42. The highest BCUT2D eigenvalue weighted by Gasteiger charge is 2.24. The third-order valence-corrected chi connectivity index (χ3v) is 2.66. The second kappa shape index (κ2) is 4.61. The molecule has 7 heteroatoms. The maximum absolute atomic E-state index is 11.5. The number of hydrogen-bond donors (Lipinski definition) is 2. The first-order valence-corrected chi connectivity index (χ1v) is 5.52. The normalized spacial score (nSPS) is 14.7. The quantitative estimate of drug-likeness (QED) is 0.742. The third-order valence-electron chi connectivity index (χ3n) is 2.51. The maximum atomic E-state index is 11.5. The molecule has 0 saturated carbocycles. The molecule has 6 nitrogen and oxygen atoms in total. The molecule has 0 aliphatic carbocycles. The molecule has 2 N–H and O–H groups in total. The van der Waals surface area contributed by atoms with Crippen LogP contribution in [0, 0.1) is 0 Å². The summed E-state index contributed by atoms with van der Waals surface area (Å²) in [6, 6.07) is 0. The molecule has 1 aliphatic rings. The summed E-state index contributed by atoms with van der Waals surface area (Å²) in [5, 5.41) is 5.29. The minimum absolute atomic E-state index is 0.176. The van der Waals surface area contributed by atoms with Crippen LogP contribution in [0.5, 0.6) is 0 Å². The monoisotopic (exact) mass is 245 g/mol. The number of fused-ring (bicyclic) bond motifs is 1. The van der Waals surface area contributed by atoms with Crippen LogP contribution in [0.3, 0.4) is 0 Å². The number of carbonyl (C=O) groups excluding carboxylic acids is 1. The van der Waals surface area contributed by atoms with Crippen molar-refractivity contribution in [3.8, 4) is 0 Å².